The number of hydrogen-bond acceptors (Lipinski definition) is 0. The summed E-state index contributed by atoms with van der Waals surface area (Å²) in [5.74, 6) is 1.78. The molecule has 0 N–H and O–H groups in total. The maximum atomic E-state index is 6.03. The van der Waals surface area contributed by atoms with Gasteiger partial charge in [-0.05, 0) is 37.0 Å². The van der Waals surface area contributed by atoms with E-state index in [4.69, 9.17) is 11.6 Å². The van der Waals surface area contributed by atoms with Crippen molar-refractivity contribution in [3.8, 4) is 0 Å². The maximum absolute atomic E-state index is 6.03. The third-order valence-corrected chi connectivity index (χ3v) is 4.50. The molecule has 0 nitrogen and oxygen atoms in total. The topological polar surface area (TPSA) is 0 Å². The Bertz CT molecular complexity index is 147. The van der Waals surface area contributed by atoms with Gasteiger partial charge in [-0.1, -0.05) is 25.7 Å². The van der Waals surface area contributed by atoms with Crippen LogP contribution >= 0.6 is 11.6 Å². The summed E-state index contributed by atoms with van der Waals surface area (Å²) in [7, 11) is 0. The molecule has 0 aromatic heterocycles. The average Bonchev–Trinajstić information content (AvgIpc) is 2.49. The lowest BCUT2D eigenvalue weighted by atomic mass is 9.68. The van der Waals surface area contributed by atoms with E-state index in [2.05, 4.69) is 0 Å². The van der Waals surface area contributed by atoms with Gasteiger partial charge < -0.3 is 0 Å². The molecule has 0 aromatic carbocycles. The largest absolute Gasteiger partial charge is 0.126 e. The van der Waals surface area contributed by atoms with Crippen molar-refractivity contribution >= 4 is 11.6 Å². The molecule has 1 heteroatoms. The summed E-state index contributed by atoms with van der Waals surface area (Å²) in [6, 6.07) is 0. The molecule has 2 fully saturated rings. The Labute approximate surface area is 80.7 Å². The summed E-state index contributed by atoms with van der Waals surface area (Å²) in [6.07, 6.45) is 11.7. The molecule has 0 bridgehead atoms. The van der Waals surface area contributed by atoms with Crippen LogP contribution in [0.15, 0.2) is 0 Å². The monoisotopic (exact) mass is 186 g/mol. The van der Waals surface area contributed by atoms with Crippen molar-refractivity contribution in [3.63, 3.8) is 0 Å². The molecule has 1 atom stereocenters. The van der Waals surface area contributed by atoms with E-state index in [9.17, 15) is 0 Å². The van der Waals surface area contributed by atoms with E-state index in [-0.39, 0.29) is 0 Å². The number of alkyl halides is 1. The van der Waals surface area contributed by atoms with Crippen LogP contribution in [0.25, 0.3) is 0 Å². The highest BCUT2D eigenvalue weighted by atomic mass is 35.5. The van der Waals surface area contributed by atoms with Crippen molar-refractivity contribution in [1.29, 1.82) is 0 Å². The van der Waals surface area contributed by atoms with Crippen LogP contribution in [0.1, 0.15) is 51.4 Å². The van der Waals surface area contributed by atoms with E-state index < -0.39 is 0 Å². The normalized spacial score (nSPS) is 34.2. The van der Waals surface area contributed by atoms with Crippen molar-refractivity contribution in [3.05, 3.63) is 0 Å². The molecule has 2 aliphatic rings. The van der Waals surface area contributed by atoms with Crippen LogP contribution in [0.5, 0.6) is 0 Å². The quantitative estimate of drug-likeness (QED) is 0.544. The van der Waals surface area contributed by atoms with Gasteiger partial charge in [-0.3, -0.25) is 0 Å². The molecule has 70 valence electrons. The van der Waals surface area contributed by atoms with Crippen LogP contribution in [0.3, 0.4) is 0 Å². The molecule has 1 spiro atoms. The molecular formula is C11H19Cl. The molecule has 12 heavy (non-hydrogen) atoms. The highest BCUT2D eigenvalue weighted by Gasteiger charge is 2.42. The third-order valence-electron chi connectivity index (χ3n) is 4.13. The molecule has 2 aliphatic carbocycles. The number of hydrogen-bond donors (Lipinski definition) is 0. The smallest absolute Gasteiger partial charge is 0.0257 e. The van der Waals surface area contributed by atoms with Gasteiger partial charge in [-0.25, -0.2) is 0 Å². The van der Waals surface area contributed by atoms with Crippen LogP contribution in [-0.4, -0.2) is 5.88 Å². The second-order valence-electron chi connectivity index (χ2n) is 4.67. The Hall–Kier alpha value is 0.290. The van der Waals surface area contributed by atoms with Crippen molar-refractivity contribution in [2.75, 3.05) is 5.88 Å². The van der Waals surface area contributed by atoms with Gasteiger partial charge in [0.15, 0.2) is 0 Å². The molecule has 0 saturated heterocycles. The minimum atomic E-state index is 0.708. The minimum absolute atomic E-state index is 0.708. The standard InChI is InChI=1S/C11H19Cl/c12-9-10-5-4-8-11(10)6-2-1-3-7-11/h10H,1-9H2. The third kappa shape index (κ3) is 1.39. The molecule has 0 aromatic rings. The highest BCUT2D eigenvalue weighted by molar-refractivity contribution is 6.18. The van der Waals surface area contributed by atoms with Gasteiger partial charge in [0.2, 0.25) is 0 Å². The van der Waals surface area contributed by atoms with Gasteiger partial charge in [0, 0.05) is 5.88 Å². The summed E-state index contributed by atoms with van der Waals surface area (Å²) in [5.41, 5.74) is 0.708. The summed E-state index contributed by atoms with van der Waals surface area (Å²) in [5, 5.41) is 0. The minimum Gasteiger partial charge on any atom is -0.126 e. The van der Waals surface area contributed by atoms with E-state index in [1.165, 1.54) is 51.4 Å². The number of rotatable bonds is 1. The number of halogens is 1. The van der Waals surface area contributed by atoms with E-state index in [0.29, 0.717) is 5.41 Å². The first-order chi connectivity index (χ1) is 5.87. The summed E-state index contributed by atoms with van der Waals surface area (Å²) in [4.78, 5) is 0. The predicted molar refractivity (Wildman–Crippen MR) is 53.6 cm³/mol. The van der Waals surface area contributed by atoms with Gasteiger partial charge in [0.25, 0.3) is 0 Å². The van der Waals surface area contributed by atoms with Crippen LogP contribution in [0.4, 0.5) is 0 Å². The van der Waals surface area contributed by atoms with E-state index in [1.54, 1.807) is 0 Å². The fourth-order valence-electron chi connectivity index (χ4n) is 3.37. The Morgan fingerprint density at radius 1 is 1.00 bits per heavy atom. The Morgan fingerprint density at radius 3 is 2.33 bits per heavy atom. The zero-order valence-corrected chi connectivity index (χ0v) is 8.58. The van der Waals surface area contributed by atoms with Crippen molar-refractivity contribution in [1.82, 2.24) is 0 Å². The first-order valence-corrected chi connectivity index (χ1v) is 5.97. The van der Waals surface area contributed by atoms with E-state index in [1.807, 2.05) is 0 Å². The van der Waals surface area contributed by atoms with Crippen LogP contribution in [0.2, 0.25) is 0 Å². The second kappa shape index (κ2) is 3.57. The molecule has 1 unspecified atom stereocenters. The maximum Gasteiger partial charge on any atom is 0.0257 e. The van der Waals surface area contributed by atoms with Gasteiger partial charge in [-0.15, -0.1) is 11.6 Å². The van der Waals surface area contributed by atoms with Gasteiger partial charge in [0.1, 0.15) is 0 Å². The van der Waals surface area contributed by atoms with Gasteiger partial charge in [0.05, 0.1) is 0 Å². The zero-order chi connectivity index (χ0) is 8.44. The lowest BCUT2D eigenvalue weighted by molar-refractivity contribution is 0.141. The molecule has 0 radical (unpaired) electrons. The second-order valence-corrected chi connectivity index (χ2v) is 4.98. The van der Waals surface area contributed by atoms with Gasteiger partial charge >= 0.3 is 0 Å². The Morgan fingerprint density at radius 2 is 1.67 bits per heavy atom. The fourth-order valence-corrected chi connectivity index (χ4v) is 3.85. The predicted octanol–water partition coefficient (Wildman–Crippen LogP) is 3.98. The lowest BCUT2D eigenvalue weighted by Gasteiger charge is -2.38. The fraction of sp³-hybridized carbons (Fsp3) is 1.00. The first-order valence-electron chi connectivity index (χ1n) is 5.43. The van der Waals surface area contributed by atoms with Crippen LogP contribution < -0.4 is 0 Å². The molecule has 0 aliphatic heterocycles. The summed E-state index contributed by atoms with van der Waals surface area (Å²) >= 11 is 6.03. The summed E-state index contributed by atoms with van der Waals surface area (Å²) < 4.78 is 0. The SMILES string of the molecule is ClCC1CCCC12CCCCC2. The lowest BCUT2D eigenvalue weighted by Crippen LogP contribution is -2.29. The Kier molecular flexibility index (Phi) is 2.64. The Balaban J connectivity index is 2.05. The average molecular weight is 187 g/mol. The van der Waals surface area contributed by atoms with Gasteiger partial charge in [-0.2, -0.15) is 0 Å². The van der Waals surface area contributed by atoms with Crippen LogP contribution in [-0.2, 0) is 0 Å². The van der Waals surface area contributed by atoms with Crippen LogP contribution in [0, 0.1) is 11.3 Å². The van der Waals surface area contributed by atoms with Crippen molar-refractivity contribution in [2.24, 2.45) is 11.3 Å². The van der Waals surface area contributed by atoms with Crippen molar-refractivity contribution in [2.45, 2.75) is 51.4 Å². The molecule has 2 rings (SSSR count). The first kappa shape index (κ1) is 8.87. The molecule has 0 heterocycles. The summed E-state index contributed by atoms with van der Waals surface area (Å²) in [6.45, 7) is 0. The molecule has 0 amide bonds. The van der Waals surface area contributed by atoms with E-state index in [0.717, 1.165) is 11.8 Å². The molecule has 2 saturated carbocycles. The van der Waals surface area contributed by atoms with E-state index >= 15 is 0 Å². The molecular weight excluding hydrogens is 168 g/mol. The zero-order valence-electron chi connectivity index (χ0n) is 7.82. The van der Waals surface area contributed by atoms with Crippen molar-refractivity contribution < 1.29 is 0 Å². The highest BCUT2D eigenvalue weighted by Crippen LogP contribution is 2.52.